The van der Waals surface area contributed by atoms with Gasteiger partial charge in [-0.2, -0.15) is 0 Å². The van der Waals surface area contributed by atoms with Gasteiger partial charge >= 0.3 is 0 Å². The molecule has 0 aliphatic rings. The number of nitrogens with zero attached hydrogens (tertiary/aromatic N) is 2. The molecule has 0 saturated carbocycles. The van der Waals surface area contributed by atoms with Gasteiger partial charge in [0.15, 0.2) is 0 Å². The monoisotopic (exact) mass is 665 g/mol. The number of carbonyl (C=O) groups excluding carboxylic acids is 2. The Kier molecular flexibility index (Phi) is 12.0. The minimum absolute atomic E-state index is 0.0391. The van der Waals surface area contributed by atoms with E-state index in [1.807, 2.05) is 44.2 Å². The lowest BCUT2D eigenvalue weighted by Crippen LogP contribution is -2.53. The highest BCUT2D eigenvalue weighted by Gasteiger charge is 2.35. The van der Waals surface area contributed by atoms with Crippen molar-refractivity contribution in [3.63, 3.8) is 0 Å². The minimum Gasteiger partial charge on any atom is -0.354 e. The maximum Gasteiger partial charge on any atom is 0.264 e. The van der Waals surface area contributed by atoms with Crippen LogP contribution in [0.25, 0.3) is 0 Å². The van der Waals surface area contributed by atoms with E-state index in [4.69, 9.17) is 23.2 Å². The van der Waals surface area contributed by atoms with Gasteiger partial charge in [-0.3, -0.25) is 13.9 Å². The molecule has 1 N–H and O–H groups in total. The molecule has 0 radical (unpaired) electrons. The van der Waals surface area contributed by atoms with Crippen molar-refractivity contribution in [2.24, 2.45) is 0 Å². The number of benzene rings is 4. The minimum atomic E-state index is -4.17. The number of anilines is 1. The molecule has 0 saturated heterocycles. The van der Waals surface area contributed by atoms with E-state index in [0.717, 1.165) is 28.3 Å². The first-order valence-corrected chi connectivity index (χ1v) is 17.0. The third-order valence-corrected chi connectivity index (χ3v) is 9.92. The van der Waals surface area contributed by atoms with Crippen molar-refractivity contribution in [2.75, 3.05) is 17.4 Å². The van der Waals surface area contributed by atoms with E-state index in [9.17, 15) is 18.0 Å². The summed E-state index contributed by atoms with van der Waals surface area (Å²) in [6.07, 6.45) is 1.84. The zero-order valence-corrected chi connectivity index (χ0v) is 27.7. The fourth-order valence-corrected chi connectivity index (χ4v) is 6.83. The molecule has 0 fully saturated rings. The third kappa shape index (κ3) is 8.87. The molecule has 0 unspecified atom stereocenters. The molecule has 4 rings (SSSR count). The first-order valence-electron chi connectivity index (χ1n) is 14.8. The van der Waals surface area contributed by atoms with E-state index < -0.39 is 28.5 Å². The SMILES string of the molecule is CCCCNC(=O)[C@H](Cc1ccccc1)N(Cc1c(Cl)cccc1Cl)C(=O)CN(c1ccc(C)cc1)S(=O)(=O)c1ccccc1. The van der Waals surface area contributed by atoms with Gasteiger partial charge < -0.3 is 10.2 Å². The van der Waals surface area contributed by atoms with Gasteiger partial charge in [0, 0.05) is 35.1 Å². The van der Waals surface area contributed by atoms with Crippen LogP contribution in [0.1, 0.15) is 36.5 Å². The second-order valence-corrected chi connectivity index (χ2v) is 13.4. The average Bonchev–Trinajstić information content (AvgIpc) is 3.04. The van der Waals surface area contributed by atoms with Gasteiger partial charge in [-0.15, -0.1) is 0 Å². The molecule has 0 bridgehead atoms. The zero-order chi connectivity index (χ0) is 32.4. The van der Waals surface area contributed by atoms with Gasteiger partial charge in [-0.1, -0.05) is 109 Å². The fraction of sp³-hybridized carbons (Fsp3) is 0.257. The fourth-order valence-electron chi connectivity index (χ4n) is 4.87. The van der Waals surface area contributed by atoms with Crippen LogP contribution in [0.4, 0.5) is 5.69 Å². The number of rotatable bonds is 14. The smallest absolute Gasteiger partial charge is 0.264 e. The molecular weight excluding hydrogens is 629 g/mol. The van der Waals surface area contributed by atoms with E-state index >= 15 is 0 Å². The highest BCUT2D eigenvalue weighted by Crippen LogP contribution is 2.29. The summed E-state index contributed by atoms with van der Waals surface area (Å²) in [5.74, 6) is -0.936. The van der Waals surface area contributed by atoms with Crippen molar-refractivity contribution in [2.45, 2.75) is 50.6 Å². The summed E-state index contributed by atoms with van der Waals surface area (Å²) in [6.45, 7) is 3.69. The number of amides is 2. The topological polar surface area (TPSA) is 86.8 Å². The van der Waals surface area contributed by atoms with Crippen LogP contribution in [0.3, 0.4) is 0 Å². The van der Waals surface area contributed by atoms with Gasteiger partial charge in [0.1, 0.15) is 12.6 Å². The van der Waals surface area contributed by atoms with Crippen molar-refractivity contribution in [1.82, 2.24) is 10.2 Å². The van der Waals surface area contributed by atoms with Crippen molar-refractivity contribution in [3.8, 4) is 0 Å². The highest BCUT2D eigenvalue weighted by atomic mass is 35.5. The Morgan fingerprint density at radius 2 is 1.42 bits per heavy atom. The van der Waals surface area contributed by atoms with Crippen molar-refractivity contribution < 1.29 is 18.0 Å². The molecule has 0 aliphatic carbocycles. The standard InChI is InChI=1S/C35H37Cl2N3O4S/c1-3-4-22-38-35(42)33(23-27-12-7-5-8-13-27)39(24-30-31(36)16-11-17-32(30)37)34(41)25-40(28-20-18-26(2)19-21-28)45(43,44)29-14-9-6-10-15-29/h5-21,33H,3-4,22-25H2,1-2H3,(H,38,42)/t33-/m0/s1. The van der Waals surface area contributed by atoms with E-state index in [2.05, 4.69) is 5.32 Å². The number of hydrogen-bond donors (Lipinski definition) is 1. The van der Waals surface area contributed by atoms with Crippen LogP contribution in [-0.2, 0) is 32.6 Å². The van der Waals surface area contributed by atoms with Crippen molar-refractivity contribution in [1.29, 1.82) is 0 Å². The van der Waals surface area contributed by atoms with Crippen LogP contribution in [0, 0.1) is 6.92 Å². The number of sulfonamides is 1. The van der Waals surface area contributed by atoms with Gasteiger partial charge in [0.25, 0.3) is 10.0 Å². The van der Waals surface area contributed by atoms with Crippen molar-refractivity contribution >= 4 is 50.7 Å². The molecule has 2 amide bonds. The molecule has 1 atom stereocenters. The van der Waals surface area contributed by atoms with Gasteiger partial charge in [0.05, 0.1) is 10.6 Å². The van der Waals surface area contributed by atoms with Crippen LogP contribution in [0.2, 0.25) is 10.0 Å². The van der Waals surface area contributed by atoms with Crippen LogP contribution in [0.15, 0.2) is 108 Å². The predicted molar refractivity (Wildman–Crippen MR) is 181 cm³/mol. The van der Waals surface area contributed by atoms with Gasteiger partial charge in [-0.25, -0.2) is 8.42 Å². The summed E-state index contributed by atoms with van der Waals surface area (Å²) >= 11 is 13.1. The Labute approximate surface area is 275 Å². The first-order chi connectivity index (χ1) is 21.6. The number of carbonyl (C=O) groups is 2. The molecule has 236 valence electrons. The lowest BCUT2D eigenvalue weighted by atomic mass is 10.0. The maximum absolute atomic E-state index is 14.5. The molecule has 0 aromatic heterocycles. The number of hydrogen-bond acceptors (Lipinski definition) is 4. The van der Waals surface area contributed by atoms with E-state index in [1.54, 1.807) is 60.7 Å². The number of aryl methyl sites for hydroxylation is 1. The number of nitrogens with one attached hydrogen (secondary N) is 1. The van der Waals surface area contributed by atoms with E-state index in [0.29, 0.717) is 27.8 Å². The summed E-state index contributed by atoms with van der Waals surface area (Å²) < 4.78 is 29.2. The summed E-state index contributed by atoms with van der Waals surface area (Å²) in [7, 11) is -4.17. The van der Waals surface area contributed by atoms with Crippen LogP contribution < -0.4 is 9.62 Å². The lowest BCUT2D eigenvalue weighted by molar-refractivity contribution is -0.140. The summed E-state index contributed by atoms with van der Waals surface area (Å²) in [5.41, 5.74) is 2.55. The molecular formula is C35H37Cl2N3O4S. The Balaban J connectivity index is 1.81. The molecule has 10 heteroatoms. The van der Waals surface area contributed by atoms with Gasteiger partial charge in [0.2, 0.25) is 11.8 Å². The Hall–Kier alpha value is -3.85. The predicted octanol–water partition coefficient (Wildman–Crippen LogP) is 7.05. The Morgan fingerprint density at radius 3 is 2.02 bits per heavy atom. The molecule has 0 spiro atoms. The molecule has 0 heterocycles. The third-order valence-electron chi connectivity index (χ3n) is 7.42. The molecule has 0 aliphatic heterocycles. The second-order valence-electron chi connectivity index (χ2n) is 10.7. The zero-order valence-electron chi connectivity index (χ0n) is 25.3. The Bertz CT molecular complexity index is 1670. The normalized spacial score (nSPS) is 11.9. The largest absolute Gasteiger partial charge is 0.354 e. The van der Waals surface area contributed by atoms with Crippen LogP contribution >= 0.6 is 23.2 Å². The number of halogens is 2. The summed E-state index contributed by atoms with van der Waals surface area (Å²) in [5, 5.41) is 3.63. The average molecular weight is 667 g/mol. The molecule has 4 aromatic carbocycles. The Morgan fingerprint density at radius 1 is 0.822 bits per heavy atom. The lowest BCUT2D eigenvalue weighted by Gasteiger charge is -2.34. The van der Waals surface area contributed by atoms with E-state index in [-0.39, 0.29) is 23.8 Å². The number of unbranched alkanes of at least 4 members (excludes halogenated alkanes) is 1. The maximum atomic E-state index is 14.5. The second kappa shape index (κ2) is 15.9. The first kappa shape index (κ1) is 34.0. The molecule has 4 aromatic rings. The molecule has 45 heavy (non-hydrogen) atoms. The highest BCUT2D eigenvalue weighted by molar-refractivity contribution is 7.92. The van der Waals surface area contributed by atoms with Gasteiger partial charge in [-0.05, 0) is 55.3 Å². The quantitative estimate of drug-likeness (QED) is 0.146. The molecule has 7 nitrogen and oxygen atoms in total. The summed E-state index contributed by atoms with van der Waals surface area (Å²) in [6, 6.07) is 28.3. The van der Waals surface area contributed by atoms with Crippen molar-refractivity contribution in [3.05, 3.63) is 130 Å². The summed E-state index contributed by atoms with van der Waals surface area (Å²) in [4.78, 5) is 29.8. The van der Waals surface area contributed by atoms with Crippen LogP contribution in [0.5, 0.6) is 0 Å². The van der Waals surface area contributed by atoms with Crippen LogP contribution in [-0.4, -0.2) is 44.3 Å². The van der Waals surface area contributed by atoms with E-state index in [1.165, 1.54) is 17.0 Å².